The van der Waals surface area contributed by atoms with E-state index in [-0.39, 0.29) is 33.2 Å². The van der Waals surface area contributed by atoms with E-state index in [1.807, 2.05) is 18.2 Å². The first kappa shape index (κ1) is 28.6. The van der Waals surface area contributed by atoms with E-state index in [2.05, 4.69) is 10.2 Å². The molecule has 1 saturated carbocycles. The van der Waals surface area contributed by atoms with Gasteiger partial charge in [0.1, 0.15) is 22.0 Å². The molecular weight excluding hydrogens is 554 g/mol. The lowest BCUT2D eigenvalue weighted by molar-refractivity contribution is 0.0909. The van der Waals surface area contributed by atoms with Crippen molar-refractivity contribution in [3.05, 3.63) is 64.4 Å². The molecule has 1 saturated heterocycles. The zero-order valence-corrected chi connectivity index (χ0v) is 23.8. The Morgan fingerprint density at radius 2 is 1.93 bits per heavy atom. The number of benzene rings is 2. The van der Waals surface area contributed by atoms with Gasteiger partial charge in [0.25, 0.3) is 5.91 Å². The van der Waals surface area contributed by atoms with Crippen LogP contribution in [0.25, 0.3) is 0 Å². The molecule has 11 heteroatoms. The number of sulfonamides is 1. The minimum atomic E-state index is -4.02. The summed E-state index contributed by atoms with van der Waals surface area (Å²) in [7, 11) is -4.02. The summed E-state index contributed by atoms with van der Waals surface area (Å²) in [5, 5.41) is 8.16. The third-order valence-corrected chi connectivity index (χ3v) is 8.93. The molecule has 214 valence electrons. The quantitative estimate of drug-likeness (QED) is 0.296. The van der Waals surface area contributed by atoms with Gasteiger partial charge in [0.05, 0.1) is 11.6 Å². The normalized spacial score (nSPS) is 18.9. The number of primary sulfonamides is 1. The second kappa shape index (κ2) is 12.3. The van der Waals surface area contributed by atoms with Gasteiger partial charge in [-0.25, -0.2) is 13.6 Å². The van der Waals surface area contributed by atoms with Crippen molar-refractivity contribution in [3.8, 4) is 11.5 Å². The average Bonchev–Trinajstić information content (AvgIpc) is 3.70. The highest BCUT2D eigenvalue weighted by Crippen LogP contribution is 2.39. The average molecular weight is 588 g/mol. The van der Waals surface area contributed by atoms with Crippen LogP contribution in [0.4, 0.5) is 0 Å². The van der Waals surface area contributed by atoms with Crippen molar-refractivity contribution in [2.75, 3.05) is 26.2 Å². The summed E-state index contributed by atoms with van der Waals surface area (Å²) in [6, 6.07) is 9.54. The Bertz CT molecular complexity index is 1410. The molecule has 2 aromatic carbocycles. The number of unbranched alkanes of at least 4 members (excludes halogenated alkanes) is 1. The highest BCUT2D eigenvalue weighted by atomic mass is 35.5. The fourth-order valence-corrected chi connectivity index (χ4v) is 6.11. The Morgan fingerprint density at radius 3 is 2.65 bits per heavy atom. The Morgan fingerprint density at radius 1 is 1.15 bits per heavy atom. The predicted octanol–water partition coefficient (Wildman–Crippen LogP) is 4.30. The van der Waals surface area contributed by atoms with Crippen LogP contribution in [0.2, 0.25) is 5.02 Å². The second-order valence-electron chi connectivity index (χ2n) is 10.6. The lowest BCUT2D eigenvalue weighted by Gasteiger charge is -2.32. The first-order valence-corrected chi connectivity index (χ1v) is 15.7. The molecule has 0 atom stereocenters. The number of ketones is 1. The Kier molecular flexibility index (Phi) is 8.80. The van der Waals surface area contributed by atoms with E-state index in [4.69, 9.17) is 26.2 Å². The zero-order valence-electron chi connectivity index (χ0n) is 22.2. The van der Waals surface area contributed by atoms with Crippen molar-refractivity contribution >= 4 is 33.3 Å². The number of nitrogens with two attached hydrogens (primary N) is 1. The minimum Gasteiger partial charge on any atom is -0.493 e. The molecule has 40 heavy (non-hydrogen) atoms. The number of carbonyl (C=O) groups is 2. The number of nitrogens with zero attached hydrogens (tertiary/aromatic N) is 1. The summed E-state index contributed by atoms with van der Waals surface area (Å²) >= 11 is 5.92. The van der Waals surface area contributed by atoms with Crippen LogP contribution in [0.1, 0.15) is 65.7 Å². The number of Topliss-reactive ketones (excluding diaryl/α,β-unsaturated/α-hetero) is 1. The molecule has 3 aliphatic rings. The minimum absolute atomic E-state index is 0.00356. The van der Waals surface area contributed by atoms with Crippen molar-refractivity contribution in [1.82, 2.24) is 10.2 Å². The number of piperidine rings is 1. The van der Waals surface area contributed by atoms with E-state index < -0.39 is 10.0 Å². The second-order valence-corrected chi connectivity index (χ2v) is 12.6. The molecule has 1 aliphatic carbocycles. The van der Waals surface area contributed by atoms with Crippen LogP contribution in [-0.2, 0) is 10.0 Å². The SMILES string of the molecule is NS(=O)(=O)c1cc(C(=O)NC2CCN(CCCCOc3cccc4c3C(=O)/C(=C/CC3CC3)O4)CC2)ccc1Cl. The first-order valence-electron chi connectivity index (χ1n) is 13.7. The molecule has 0 unspecified atom stereocenters. The highest BCUT2D eigenvalue weighted by molar-refractivity contribution is 7.89. The van der Waals surface area contributed by atoms with Gasteiger partial charge < -0.3 is 19.7 Å². The van der Waals surface area contributed by atoms with Crippen molar-refractivity contribution in [1.29, 1.82) is 0 Å². The van der Waals surface area contributed by atoms with Gasteiger partial charge in [-0.3, -0.25) is 9.59 Å². The van der Waals surface area contributed by atoms with Crippen molar-refractivity contribution in [2.24, 2.45) is 11.1 Å². The molecule has 1 amide bonds. The van der Waals surface area contributed by atoms with E-state index in [9.17, 15) is 18.0 Å². The van der Waals surface area contributed by atoms with E-state index in [1.165, 1.54) is 31.0 Å². The number of nitrogens with one attached hydrogen (secondary N) is 1. The summed E-state index contributed by atoms with van der Waals surface area (Å²) in [5.41, 5.74) is 0.729. The third kappa shape index (κ3) is 7.04. The summed E-state index contributed by atoms with van der Waals surface area (Å²) in [6.07, 6.45) is 8.65. The monoisotopic (exact) mass is 587 g/mol. The summed E-state index contributed by atoms with van der Waals surface area (Å²) in [5.74, 6) is 1.81. The van der Waals surface area contributed by atoms with Crippen LogP contribution in [0.5, 0.6) is 11.5 Å². The van der Waals surface area contributed by atoms with Gasteiger partial charge in [-0.2, -0.15) is 0 Å². The van der Waals surface area contributed by atoms with Gasteiger partial charge in [-0.15, -0.1) is 0 Å². The van der Waals surface area contributed by atoms with Gasteiger partial charge >= 0.3 is 0 Å². The predicted molar refractivity (Wildman–Crippen MR) is 151 cm³/mol. The molecule has 5 rings (SSSR count). The van der Waals surface area contributed by atoms with Crippen LogP contribution in [0.15, 0.2) is 53.1 Å². The Labute approximate surface area is 239 Å². The van der Waals surface area contributed by atoms with Crippen LogP contribution < -0.4 is 19.9 Å². The number of carbonyl (C=O) groups excluding carboxylic acids is 2. The molecular formula is C29H34ClN3O6S. The lowest BCUT2D eigenvalue weighted by Crippen LogP contribution is -2.44. The number of rotatable bonds is 11. The fraction of sp³-hybridized carbons (Fsp3) is 0.448. The number of allylic oxidation sites excluding steroid dienone is 2. The molecule has 0 radical (unpaired) electrons. The highest BCUT2D eigenvalue weighted by Gasteiger charge is 2.32. The maximum Gasteiger partial charge on any atom is 0.251 e. The molecule has 2 aromatic rings. The largest absolute Gasteiger partial charge is 0.493 e. The number of fused-ring (bicyclic) bond motifs is 1. The van der Waals surface area contributed by atoms with Gasteiger partial charge in [-0.1, -0.05) is 17.7 Å². The van der Waals surface area contributed by atoms with Gasteiger partial charge in [-0.05, 0) is 93.8 Å². The number of likely N-dealkylation sites (tertiary alicyclic amines) is 1. The topological polar surface area (TPSA) is 128 Å². The van der Waals surface area contributed by atoms with Crippen LogP contribution >= 0.6 is 11.6 Å². The van der Waals surface area contributed by atoms with Gasteiger partial charge in [0.2, 0.25) is 15.8 Å². The smallest absolute Gasteiger partial charge is 0.251 e. The standard InChI is InChI=1S/C29H34ClN3O6S/c30-22-10-9-20(18-26(22)40(31,36)37)29(35)32-21-12-15-33(16-13-21)14-1-2-17-38-23-4-3-5-24-27(23)28(34)25(39-24)11-8-19-6-7-19/h3-5,9-11,18-19,21H,1-2,6-8,12-17H2,(H,32,35)(H2,31,36,37)/b25-11-. The number of halogens is 1. The van der Waals surface area contributed by atoms with Crippen LogP contribution in [-0.4, -0.2) is 57.3 Å². The third-order valence-electron chi connectivity index (χ3n) is 7.54. The van der Waals surface area contributed by atoms with Gasteiger partial charge in [0.15, 0.2) is 5.76 Å². The summed E-state index contributed by atoms with van der Waals surface area (Å²) in [6.45, 7) is 3.13. The molecule has 0 aromatic heterocycles. The maximum absolute atomic E-state index is 12.8. The maximum atomic E-state index is 12.8. The molecule has 0 spiro atoms. The molecule has 9 nitrogen and oxygen atoms in total. The van der Waals surface area contributed by atoms with Gasteiger partial charge in [0, 0.05) is 24.7 Å². The fourth-order valence-electron chi connectivity index (χ4n) is 5.04. The Hall–Kier alpha value is -2.92. The zero-order chi connectivity index (χ0) is 28.3. The summed E-state index contributed by atoms with van der Waals surface area (Å²) < 4.78 is 35.2. The Balaban J connectivity index is 1.02. The number of ether oxygens (including phenoxy) is 2. The van der Waals surface area contributed by atoms with Crippen molar-refractivity contribution in [2.45, 2.75) is 55.9 Å². The van der Waals surface area contributed by atoms with Crippen molar-refractivity contribution < 1.29 is 27.5 Å². The van der Waals surface area contributed by atoms with E-state index in [0.717, 1.165) is 51.7 Å². The molecule has 2 heterocycles. The summed E-state index contributed by atoms with van der Waals surface area (Å²) in [4.78, 5) is 27.6. The molecule has 0 bridgehead atoms. The van der Waals surface area contributed by atoms with E-state index in [1.54, 1.807) is 6.07 Å². The van der Waals surface area contributed by atoms with Crippen molar-refractivity contribution in [3.63, 3.8) is 0 Å². The molecule has 3 N–H and O–H groups in total. The van der Waals surface area contributed by atoms with Crippen LogP contribution in [0.3, 0.4) is 0 Å². The van der Waals surface area contributed by atoms with Crippen LogP contribution in [0, 0.1) is 5.92 Å². The number of hydrogen-bond acceptors (Lipinski definition) is 7. The first-order chi connectivity index (χ1) is 19.2. The lowest BCUT2D eigenvalue weighted by atomic mass is 10.0. The van der Waals surface area contributed by atoms with E-state index >= 15 is 0 Å². The number of amides is 1. The van der Waals surface area contributed by atoms with E-state index in [0.29, 0.717) is 35.3 Å². The molecule has 2 aliphatic heterocycles. The number of hydrogen-bond donors (Lipinski definition) is 2. The molecule has 2 fully saturated rings.